The highest BCUT2D eigenvalue weighted by atomic mass is 79.9. The number of nitrogens with zero attached hydrogens (tertiary/aromatic N) is 3. The minimum absolute atomic E-state index is 0.0333. The van der Waals surface area contributed by atoms with E-state index in [-0.39, 0.29) is 12.0 Å². The van der Waals surface area contributed by atoms with E-state index in [0.717, 1.165) is 23.0 Å². The van der Waals surface area contributed by atoms with Crippen LogP contribution in [0, 0.1) is 6.92 Å². The summed E-state index contributed by atoms with van der Waals surface area (Å²) in [4.78, 5) is 14.7. The molecule has 1 aromatic carbocycles. The van der Waals surface area contributed by atoms with Gasteiger partial charge in [0, 0.05) is 17.1 Å². The zero-order valence-electron chi connectivity index (χ0n) is 14.2. The van der Waals surface area contributed by atoms with Crippen LogP contribution in [0.3, 0.4) is 0 Å². The fraction of sp³-hybridized carbons (Fsp3) is 0.389. The molecule has 2 heterocycles. The van der Waals surface area contributed by atoms with Crippen molar-refractivity contribution < 1.29 is 14.3 Å². The lowest BCUT2D eigenvalue weighted by molar-refractivity contribution is 0.0524. The van der Waals surface area contributed by atoms with Crippen molar-refractivity contribution in [2.75, 3.05) is 20.2 Å². The first-order valence-electron chi connectivity index (χ1n) is 8.16. The van der Waals surface area contributed by atoms with Gasteiger partial charge in [-0.25, -0.2) is 0 Å². The molecule has 1 aliphatic rings. The van der Waals surface area contributed by atoms with Crippen molar-refractivity contribution in [3.05, 3.63) is 46.1 Å². The third kappa shape index (κ3) is 4.28. The SMILES string of the molecule is COc1ccc(Br)c(C(=O)N2CCCC(Oc3ccc(C)nn3)C2)c1. The lowest BCUT2D eigenvalue weighted by atomic mass is 10.1. The zero-order chi connectivity index (χ0) is 17.8. The van der Waals surface area contributed by atoms with Gasteiger partial charge in [0.2, 0.25) is 5.88 Å². The van der Waals surface area contributed by atoms with Gasteiger partial charge in [-0.05, 0) is 60.0 Å². The zero-order valence-corrected chi connectivity index (χ0v) is 15.8. The molecular formula is C18H20BrN3O3. The first-order valence-corrected chi connectivity index (χ1v) is 8.96. The Hall–Kier alpha value is -2.15. The molecule has 1 unspecified atom stereocenters. The van der Waals surface area contributed by atoms with Crippen LogP contribution in [0.5, 0.6) is 11.6 Å². The number of hydrogen-bond donors (Lipinski definition) is 0. The second kappa shape index (κ2) is 7.82. The summed E-state index contributed by atoms with van der Waals surface area (Å²) in [5.74, 6) is 1.12. The van der Waals surface area contributed by atoms with E-state index in [1.54, 1.807) is 13.2 Å². The Morgan fingerprint density at radius 2 is 2.12 bits per heavy atom. The highest BCUT2D eigenvalue weighted by molar-refractivity contribution is 9.10. The molecule has 0 saturated carbocycles. The number of rotatable bonds is 4. The maximum absolute atomic E-state index is 12.9. The third-order valence-corrected chi connectivity index (χ3v) is 4.82. The van der Waals surface area contributed by atoms with Gasteiger partial charge in [-0.2, -0.15) is 5.10 Å². The van der Waals surface area contributed by atoms with E-state index in [1.165, 1.54) is 0 Å². The molecule has 1 saturated heterocycles. The minimum Gasteiger partial charge on any atom is -0.497 e. The Labute approximate surface area is 155 Å². The van der Waals surface area contributed by atoms with E-state index in [1.807, 2.05) is 36.1 Å². The average Bonchev–Trinajstić information content (AvgIpc) is 2.64. The monoisotopic (exact) mass is 405 g/mol. The molecule has 1 atom stereocenters. The molecule has 1 fully saturated rings. The summed E-state index contributed by atoms with van der Waals surface area (Å²) in [5.41, 5.74) is 1.44. The van der Waals surface area contributed by atoms with E-state index in [4.69, 9.17) is 9.47 Å². The van der Waals surface area contributed by atoms with Gasteiger partial charge < -0.3 is 14.4 Å². The van der Waals surface area contributed by atoms with Crippen molar-refractivity contribution in [3.63, 3.8) is 0 Å². The molecule has 1 amide bonds. The van der Waals surface area contributed by atoms with Crippen LogP contribution in [-0.2, 0) is 0 Å². The van der Waals surface area contributed by atoms with Crippen LogP contribution in [0.2, 0.25) is 0 Å². The largest absolute Gasteiger partial charge is 0.497 e. The lowest BCUT2D eigenvalue weighted by Gasteiger charge is -2.32. The average molecular weight is 406 g/mol. The van der Waals surface area contributed by atoms with Gasteiger partial charge in [0.25, 0.3) is 5.91 Å². The topological polar surface area (TPSA) is 64.5 Å². The van der Waals surface area contributed by atoms with E-state index >= 15 is 0 Å². The van der Waals surface area contributed by atoms with Crippen molar-refractivity contribution in [1.82, 2.24) is 15.1 Å². The number of carbonyl (C=O) groups excluding carboxylic acids is 1. The summed E-state index contributed by atoms with van der Waals surface area (Å²) in [6, 6.07) is 9.07. The molecule has 0 radical (unpaired) electrons. The number of halogens is 1. The fourth-order valence-electron chi connectivity index (χ4n) is 2.80. The Morgan fingerprint density at radius 3 is 2.84 bits per heavy atom. The molecule has 0 bridgehead atoms. The molecule has 6 nitrogen and oxygen atoms in total. The molecular weight excluding hydrogens is 386 g/mol. The normalized spacial score (nSPS) is 17.2. The maximum Gasteiger partial charge on any atom is 0.255 e. The van der Waals surface area contributed by atoms with Crippen LogP contribution in [0.1, 0.15) is 28.9 Å². The standard InChI is InChI=1S/C18H20BrN3O3/c1-12-5-8-17(21-20-12)25-14-4-3-9-22(11-14)18(23)15-10-13(24-2)6-7-16(15)19/h5-8,10,14H,3-4,9,11H2,1-2H3. The third-order valence-electron chi connectivity index (χ3n) is 4.13. The van der Waals surface area contributed by atoms with E-state index in [9.17, 15) is 4.79 Å². The molecule has 7 heteroatoms. The molecule has 25 heavy (non-hydrogen) atoms. The number of amides is 1. The molecule has 3 rings (SSSR count). The number of aryl methyl sites for hydroxylation is 1. The number of methoxy groups -OCH3 is 1. The highest BCUT2D eigenvalue weighted by Gasteiger charge is 2.27. The molecule has 0 spiro atoms. The smallest absolute Gasteiger partial charge is 0.255 e. The number of benzene rings is 1. The van der Waals surface area contributed by atoms with E-state index in [0.29, 0.717) is 30.3 Å². The van der Waals surface area contributed by atoms with Crippen molar-refractivity contribution >= 4 is 21.8 Å². The quantitative estimate of drug-likeness (QED) is 0.780. The Kier molecular flexibility index (Phi) is 5.53. The van der Waals surface area contributed by atoms with Crippen LogP contribution in [0.25, 0.3) is 0 Å². The van der Waals surface area contributed by atoms with Gasteiger partial charge in [-0.3, -0.25) is 4.79 Å². The van der Waals surface area contributed by atoms with E-state index in [2.05, 4.69) is 26.1 Å². The van der Waals surface area contributed by atoms with E-state index < -0.39 is 0 Å². The number of hydrogen-bond acceptors (Lipinski definition) is 5. The number of piperidine rings is 1. The summed E-state index contributed by atoms with van der Waals surface area (Å²) >= 11 is 3.45. The summed E-state index contributed by atoms with van der Waals surface area (Å²) in [6.07, 6.45) is 1.69. The number of ether oxygens (including phenoxy) is 2. The van der Waals surface area contributed by atoms with Crippen LogP contribution in [-0.4, -0.2) is 47.3 Å². The fourth-order valence-corrected chi connectivity index (χ4v) is 3.22. The first kappa shape index (κ1) is 17.7. The Bertz CT molecular complexity index is 752. The summed E-state index contributed by atoms with van der Waals surface area (Å²) in [7, 11) is 1.59. The predicted molar refractivity (Wildman–Crippen MR) is 97.0 cm³/mol. The van der Waals surface area contributed by atoms with Crippen LogP contribution >= 0.6 is 15.9 Å². The Morgan fingerprint density at radius 1 is 1.28 bits per heavy atom. The van der Waals surface area contributed by atoms with Gasteiger partial charge >= 0.3 is 0 Å². The molecule has 2 aromatic rings. The lowest BCUT2D eigenvalue weighted by Crippen LogP contribution is -2.44. The maximum atomic E-state index is 12.9. The number of carbonyl (C=O) groups is 1. The molecule has 1 aromatic heterocycles. The molecule has 0 aliphatic carbocycles. The van der Waals surface area contributed by atoms with Gasteiger partial charge in [-0.1, -0.05) is 0 Å². The first-order chi connectivity index (χ1) is 12.1. The van der Waals surface area contributed by atoms with Crippen LogP contribution in [0.4, 0.5) is 0 Å². The molecule has 0 N–H and O–H groups in total. The van der Waals surface area contributed by atoms with Crippen LogP contribution in [0.15, 0.2) is 34.8 Å². The van der Waals surface area contributed by atoms with Gasteiger partial charge in [0.05, 0.1) is 24.9 Å². The van der Waals surface area contributed by atoms with Crippen molar-refractivity contribution in [2.24, 2.45) is 0 Å². The number of aromatic nitrogens is 2. The summed E-state index contributed by atoms with van der Waals surface area (Å²) in [5, 5.41) is 8.04. The summed E-state index contributed by atoms with van der Waals surface area (Å²) in [6.45, 7) is 3.11. The van der Waals surface area contributed by atoms with Crippen molar-refractivity contribution in [1.29, 1.82) is 0 Å². The van der Waals surface area contributed by atoms with Gasteiger partial charge in [0.1, 0.15) is 11.9 Å². The second-order valence-electron chi connectivity index (χ2n) is 5.99. The summed E-state index contributed by atoms with van der Waals surface area (Å²) < 4.78 is 11.9. The molecule has 1 aliphatic heterocycles. The van der Waals surface area contributed by atoms with Crippen molar-refractivity contribution in [2.45, 2.75) is 25.9 Å². The van der Waals surface area contributed by atoms with Crippen LogP contribution < -0.4 is 9.47 Å². The van der Waals surface area contributed by atoms with Crippen molar-refractivity contribution in [3.8, 4) is 11.6 Å². The Balaban J connectivity index is 1.70. The predicted octanol–water partition coefficient (Wildman–Crippen LogP) is 3.24. The second-order valence-corrected chi connectivity index (χ2v) is 6.85. The van der Waals surface area contributed by atoms with Gasteiger partial charge in [-0.15, -0.1) is 5.10 Å². The molecule has 132 valence electrons. The highest BCUT2D eigenvalue weighted by Crippen LogP contribution is 2.25. The number of likely N-dealkylation sites (tertiary alicyclic amines) is 1. The minimum atomic E-state index is -0.0842. The van der Waals surface area contributed by atoms with Gasteiger partial charge in [0.15, 0.2) is 0 Å².